The molecule has 0 aromatic rings. The molecule has 2 atom stereocenters. The van der Waals surface area contributed by atoms with Gasteiger partial charge >= 0.3 is 0 Å². The second-order valence-electron chi connectivity index (χ2n) is 6.70. The summed E-state index contributed by atoms with van der Waals surface area (Å²) in [4.78, 5) is 12.9. The number of ether oxygens (including phenoxy) is 2. The maximum absolute atomic E-state index is 12.9. The van der Waals surface area contributed by atoms with Crippen molar-refractivity contribution in [2.45, 2.75) is 44.6 Å². The van der Waals surface area contributed by atoms with E-state index >= 15 is 0 Å². The molecule has 3 rings (SSSR count). The summed E-state index contributed by atoms with van der Waals surface area (Å²) in [6, 6.07) is 0. The number of hydrogen-bond donors (Lipinski definition) is 1. The van der Waals surface area contributed by atoms with Crippen molar-refractivity contribution < 1.29 is 14.3 Å². The van der Waals surface area contributed by atoms with Crippen molar-refractivity contribution in [2.24, 2.45) is 11.3 Å². The van der Waals surface area contributed by atoms with E-state index in [1.54, 1.807) is 0 Å². The van der Waals surface area contributed by atoms with E-state index in [9.17, 15) is 4.79 Å². The number of Topliss-reactive ketones (excluding diaryl/α,β-unsaturated/α-hetero) is 1. The Balaban J connectivity index is 1.69. The van der Waals surface area contributed by atoms with Crippen LogP contribution in [0.15, 0.2) is 0 Å². The van der Waals surface area contributed by atoms with Crippen molar-refractivity contribution in [1.82, 2.24) is 5.32 Å². The van der Waals surface area contributed by atoms with Crippen LogP contribution < -0.4 is 5.32 Å². The number of nitrogens with one attached hydrogen (secondary N) is 1. The highest BCUT2D eigenvalue weighted by molar-refractivity contribution is 5.87. The van der Waals surface area contributed by atoms with Gasteiger partial charge in [-0.2, -0.15) is 0 Å². The van der Waals surface area contributed by atoms with Crippen LogP contribution in [0.2, 0.25) is 0 Å². The number of piperidine rings is 1. The monoisotopic (exact) mass is 267 g/mol. The number of hydrogen-bond acceptors (Lipinski definition) is 4. The Morgan fingerprint density at radius 2 is 2.00 bits per heavy atom. The number of rotatable bonds is 2. The highest BCUT2D eigenvalue weighted by Crippen LogP contribution is 2.41. The molecule has 0 bridgehead atoms. The van der Waals surface area contributed by atoms with E-state index in [-0.39, 0.29) is 16.9 Å². The average molecular weight is 267 g/mol. The third-order valence-corrected chi connectivity index (χ3v) is 5.23. The van der Waals surface area contributed by atoms with Gasteiger partial charge in [-0.25, -0.2) is 0 Å². The van der Waals surface area contributed by atoms with Gasteiger partial charge in [0.15, 0.2) is 0 Å². The van der Waals surface area contributed by atoms with Gasteiger partial charge in [0.05, 0.1) is 12.2 Å². The SMILES string of the molecule is CC1(C(=O)C2CCOC3(CCOC3)C2)CCNCC1. The quantitative estimate of drug-likeness (QED) is 0.824. The molecule has 3 heterocycles. The van der Waals surface area contributed by atoms with Gasteiger partial charge in [-0.1, -0.05) is 6.92 Å². The first-order valence-corrected chi connectivity index (χ1v) is 7.60. The maximum atomic E-state index is 12.9. The lowest BCUT2D eigenvalue weighted by Gasteiger charge is -2.41. The van der Waals surface area contributed by atoms with E-state index in [1.807, 2.05) is 0 Å². The molecule has 4 nitrogen and oxygen atoms in total. The molecule has 3 aliphatic heterocycles. The third-order valence-electron chi connectivity index (χ3n) is 5.23. The van der Waals surface area contributed by atoms with E-state index in [4.69, 9.17) is 9.47 Å². The molecule has 3 fully saturated rings. The number of ketones is 1. The van der Waals surface area contributed by atoms with Gasteiger partial charge in [0.2, 0.25) is 0 Å². The van der Waals surface area contributed by atoms with Crippen molar-refractivity contribution in [2.75, 3.05) is 32.9 Å². The van der Waals surface area contributed by atoms with E-state index in [1.165, 1.54) is 0 Å². The van der Waals surface area contributed by atoms with Crippen molar-refractivity contribution in [3.8, 4) is 0 Å². The summed E-state index contributed by atoms with van der Waals surface area (Å²) in [6.07, 6.45) is 4.67. The van der Waals surface area contributed by atoms with Crippen molar-refractivity contribution in [1.29, 1.82) is 0 Å². The summed E-state index contributed by atoms with van der Waals surface area (Å²) in [7, 11) is 0. The molecular weight excluding hydrogens is 242 g/mol. The minimum absolute atomic E-state index is 0.117. The Morgan fingerprint density at radius 1 is 1.21 bits per heavy atom. The van der Waals surface area contributed by atoms with Gasteiger partial charge in [0.25, 0.3) is 0 Å². The summed E-state index contributed by atoms with van der Waals surface area (Å²) in [5, 5.41) is 3.35. The molecule has 3 saturated heterocycles. The smallest absolute Gasteiger partial charge is 0.142 e. The van der Waals surface area contributed by atoms with E-state index < -0.39 is 0 Å². The molecule has 1 N–H and O–H groups in total. The van der Waals surface area contributed by atoms with Crippen LogP contribution in [0.3, 0.4) is 0 Å². The molecule has 0 aromatic heterocycles. The predicted octanol–water partition coefficient (Wildman–Crippen LogP) is 1.53. The summed E-state index contributed by atoms with van der Waals surface area (Å²) >= 11 is 0. The summed E-state index contributed by atoms with van der Waals surface area (Å²) in [6.45, 7) is 6.27. The molecule has 0 radical (unpaired) electrons. The van der Waals surface area contributed by atoms with Crippen LogP contribution in [-0.4, -0.2) is 44.3 Å². The molecule has 3 aliphatic rings. The zero-order valence-electron chi connectivity index (χ0n) is 11.9. The normalized spacial score (nSPS) is 38.5. The fraction of sp³-hybridized carbons (Fsp3) is 0.933. The van der Waals surface area contributed by atoms with Crippen LogP contribution in [-0.2, 0) is 14.3 Å². The van der Waals surface area contributed by atoms with Gasteiger partial charge in [-0.3, -0.25) is 4.79 Å². The zero-order valence-corrected chi connectivity index (χ0v) is 11.9. The Labute approximate surface area is 115 Å². The van der Waals surface area contributed by atoms with E-state index in [0.717, 1.165) is 51.8 Å². The highest BCUT2D eigenvalue weighted by Gasteiger charge is 2.46. The van der Waals surface area contributed by atoms with Crippen LogP contribution in [0.4, 0.5) is 0 Å². The van der Waals surface area contributed by atoms with Crippen molar-refractivity contribution >= 4 is 5.78 Å². The van der Waals surface area contributed by atoms with Crippen LogP contribution in [0.5, 0.6) is 0 Å². The predicted molar refractivity (Wildman–Crippen MR) is 72.1 cm³/mol. The van der Waals surface area contributed by atoms with Crippen molar-refractivity contribution in [3.05, 3.63) is 0 Å². The molecule has 19 heavy (non-hydrogen) atoms. The topological polar surface area (TPSA) is 47.6 Å². The first kappa shape index (κ1) is 13.5. The average Bonchev–Trinajstić information content (AvgIpc) is 2.87. The lowest BCUT2D eigenvalue weighted by Crippen LogP contribution is -2.48. The van der Waals surface area contributed by atoms with E-state index in [2.05, 4.69) is 12.2 Å². The fourth-order valence-electron chi connectivity index (χ4n) is 3.83. The zero-order chi connectivity index (χ0) is 13.3. The Hall–Kier alpha value is -0.450. The Morgan fingerprint density at radius 3 is 2.68 bits per heavy atom. The van der Waals surface area contributed by atoms with Gasteiger partial charge in [0.1, 0.15) is 5.78 Å². The molecule has 4 heteroatoms. The van der Waals surface area contributed by atoms with E-state index in [0.29, 0.717) is 19.0 Å². The molecule has 0 aromatic carbocycles. The molecule has 0 amide bonds. The second-order valence-corrected chi connectivity index (χ2v) is 6.70. The first-order valence-electron chi connectivity index (χ1n) is 7.60. The minimum atomic E-state index is -0.151. The Kier molecular flexibility index (Phi) is 3.67. The highest BCUT2D eigenvalue weighted by atomic mass is 16.6. The lowest BCUT2D eigenvalue weighted by molar-refractivity contribution is -0.146. The van der Waals surface area contributed by atoms with Gasteiger partial charge in [-0.05, 0) is 38.8 Å². The third kappa shape index (κ3) is 2.58. The van der Waals surface area contributed by atoms with Gasteiger partial charge in [0, 0.05) is 31.0 Å². The van der Waals surface area contributed by atoms with Crippen LogP contribution in [0.25, 0.3) is 0 Å². The molecule has 1 spiro atoms. The molecule has 2 unspecified atom stereocenters. The van der Waals surface area contributed by atoms with Gasteiger partial charge in [-0.15, -0.1) is 0 Å². The summed E-state index contributed by atoms with van der Waals surface area (Å²) in [5.41, 5.74) is -0.268. The fourth-order valence-corrected chi connectivity index (χ4v) is 3.83. The molecule has 0 saturated carbocycles. The maximum Gasteiger partial charge on any atom is 0.142 e. The number of carbonyl (C=O) groups excluding carboxylic acids is 1. The molecular formula is C15H25NO3. The van der Waals surface area contributed by atoms with Crippen LogP contribution in [0, 0.1) is 11.3 Å². The first-order chi connectivity index (χ1) is 9.14. The van der Waals surface area contributed by atoms with Crippen molar-refractivity contribution in [3.63, 3.8) is 0 Å². The number of carbonyl (C=O) groups is 1. The van der Waals surface area contributed by atoms with Crippen LogP contribution >= 0.6 is 0 Å². The van der Waals surface area contributed by atoms with Gasteiger partial charge < -0.3 is 14.8 Å². The summed E-state index contributed by atoms with van der Waals surface area (Å²) in [5.74, 6) is 0.655. The minimum Gasteiger partial charge on any atom is -0.378 e. The Bertz CT molecular complexity index is 343. The lowest BCUT2D eigenvalue weighted by atomic mass is 9.69. The summed E-state index contributed by atoms with van der Waals surface area (Å²) < 4.78 is 11.4. The second kappa shape index (κ2) is 5.15. The molecule has 108 valence electrons. The standard InChI is InChI=1S/C15H25NO3/c1-14(3-6-16-7-4-14)13(17)12-2-8-19-15(10-12)5-9-18-11-15/h12,16H,2-11H2,1H3. The van der Waals surface area contributed by atoms with Crippen LogP contribution in [0.1, 0.15) is 39.0 Å². The largest absolute Gasteiger partial charge is 0.378 e. The molecule has 0 aliphatic carbocycles.